The Hall–Kier alpha value is -0.930. The maximum Gasteiger partial charge on any atom is 0.0543 e. The Morgan fingerprint density at radius 2 is 1.89 bits per heavy atom. The van der Waals surface area contributed by atoms with E-state index in [2.05, 4.69) is 62.1 Å². The van der Waals surface area contributed by atoms with Crippen molar-refractivity contribution in [2.75, 3.05) is 20.1 Å². The van der Waals surface area contributed by atoms with Gasteiger partial charge in [-0.15, -0.1) is 0 Å². The van der Waals surface area contributed by atoms with Gasteiger partial charge < -0.3 is 5.32 Å². The first kappa shape index (κ1) is 16.1. The number of hydrogen-bond acceptors (Lipinski definition) is 3. The second-order valence-corrected chi connectivity index (χ2v) is 6.10. The molecule has 0 saturated carbocycles. The zero-order valence-electron chi connectivity index (χ0n) is 13.1. The summed E-state index contributed by atoms with van der Waals surface area (Å²) in [7, 11) is 2.19. The van der Waals surface area contributed by atoms with Gasteiger partial charge in [-0.1, -0.05) is 33.8 Å². The van der Waals surface area contributed by atoms with Crippen LogP contribution in [0.1, 0.15) is 33.4 Å². The van der Waals surface area contributed by atoms with Gasteiger partial charge in [-0.05, 0) is 37.6 Å². The maximum atomic E-state index is 4.41. The van der Waals surface area contributed by atoms with Crippen LogP contribution in [0.2, 0.25) is 0 Å². The van der Waals surface area contributed by atoms with E-state index >= 15 is 0 Å². The van der Waals surface area contributed by atoms with E-state index in [0.29, 0.717) is 17.9 Å². The van der Waals surface area contributed by atoms with E-state index in [1.807, 2.05) is 12.3 Å². The molecule has 0 saturated heterocycles. The molecular weight excluding hydrogens is 234 g/mol. The van der Waals surface area contributed by atoms with Crippen LogP contribution in [-0.4, -0.2) is 36.1 Å². The Labute approximate surface area is 118 Å². The number of nitrogens with zero attached hydrogens (tertiary/aromatic N) is 2. The van der Waals surface area contributed by atoms with Gasteiger partial charge in [-0.3, -0.25) is 9.88 Å². The molecule has 1 heterocycles. The van der Waals surface area contributed by atoms with Gasteiger partial charge in [0.25, 0.3) is 0 Å². The Balaban J connectivity index is 2.50. The molecule has 0 spiro atoms. The van der Waals surface area contributed by atoms with Crippen molar-refractivity contribution >= 4 is 0 Å². The number of nitrogens with one attached hydrogen (secondary N) is 1. The van der Waals surface area contributed by atoms with Gasteiger partial charge >= 0.3 is 0 Å². The Kier molecular flexibility index (Phi) is 7.03. The van der Waals surface area contributed by atoms with Gasteiger partial charge in [0.2, 0.25) is 0 Å². The quantitative estimate of drug-likeness (QED) is 0.781. The molecule has 1 rings (SSSR count). The summed E-state index contributed by atoms with van der Waals surface area (Å²) in [5.41, 5.74) is 1.14. The second-order valence-electron chi connectivity index (χ2n) is 6.10. The molecule has 3 nitrogen and oxygen atoms in total. The van der Waals surface area contributed by atoms with Crippen LogP contribution in [0.25, 0.3) is 0 Å². The number of likely N-dealkylation sites (N-methyl/N-ethyl adjacent to an activating group) is 1. The van der Waals surface area contributed by atoms with Gasteiger partial charge in [0, 0.05) is 25.3 Å². The van der Waals surface area contributed by atoms with Crippen LogP contribution in [-0.2, 0) is 6.54 Å². The summed E-state index contributed by atoms with van der Waals surface area (Å²) in [6.45, 7) is 12.1. The van der Waals surface area contributed by atoms with Crippen molar-refractivity contribution in [1.29, 1.82) is 0 Å². The monoisotopic (exact) mass is 263 g/mol. The largest absolute Gasteiger partial charge is 0.315 e. The van der Waals surface area contributed by atoms with E-state index in [9.17, 15) is 0 Å². The third-order valence-corrected chi connectivity index (χ3v) is 3.38. The highest BCUT2D eigenvalue weighted by atomic mass is 15.2. The highest BCUT2D eigenvalue weighted by molar-refractivity contribution is 5.03. The predicted molar refractivity (Wildman–Crippen MR) is 82.0 cm³/mol. The number of hydrogen-bond donors (Lipinski definition) is 1. The molecule has 0 bridgehead atoms. The topological polar surface area (TPSA) is 28.2 Å². The van der Waals surface area contributed by atoms with Crippen molar-refractivity contribution < 1.29 is 0 Å². The first-order chi connectivity index (χ1) is 9.00. The molecule has 1 aromatic rings. The first-order valence-corrected chi connectivity index (χ1v) is 7.31. The summed E-state index contributed by atoms with van der Waals surface area (Å²) in [5.74, 6) is 1.34. The van der Waals surface area contributed by atoms with Gasteiger partial charge in [0.1, 0.15) is 0 Å². The summed E-state index contributed by atoms with van der Waals surface area (Å²) in [6, 6.07) is 6.65. The summed E-state index contributed by atoms with van der Waals surface area (Å²) in [6.07, 6.45) is 1.87. The van der Waals surface area contributed by atoms with Crippen molar-refractivity contribution in [3.05, 3.63) is 30.1 Å². The molecule has 0 aliphatic rings. The number of aromatic nitrogens is 1. The summed E-state index contributed by atoms with van der Waals surface area (Å²) in [5, 5.41) is 3.57. The highest BCUT2D eigenvalue weighted by Crippen LogP contribution is 2.11. The molecule has 19 heavy (non-hydrogen) atoms. The molecular formula is C16H29N3. The Morgan fingerprint density at radius 1 is 1.16 bits per heavy atom. The average Bonchev–Trinajstić information content (AvgIpc) is 2.35. The summed E-state index contributed by atoms with van der Waals surface area (Å²) < 4.78 is 0. The Morgan fingerprint density at radius 3 is 2.42 bits per heavy atom. The second kappa shape index (κ2) is 8.28. The van der Waals surface area contributed by atoms with Crippen LogP contribution in [0.4, 0.5) is 0 Å². The lowest BCUT2D eigenvalue weighted by Crippen LogP contribution is -2.44. The van der Waals surface area contributed by atoms with Crippen molar-refractivity contribution in [2.24, 2.45) is 11.8 Å². The van der Waals surface area contributed by atoms with Crippen LogP contribution < -0.4 is 5.32 Å². The van der Waals surface area contributed by atoms with Crippen molar-refractivity contribution in [1.82, 2.24) is 15.2 Å². The molecule has 3 heteroatoms. The molecule has 0 fully saturated rings. The molecule has 1 atom stereocenters. The minimum Gasteiger partial charge on any atom is -0.315 e. The SMILES string of the molecule is CC(C)CNCC(C(C)C)N(C)Cc1ccccn1. The van der Waals surface area contributed by atoms with Crippen LogP contribution in [0.15, 0.2) is 24.4 Å². The van der Waals surface area contributed by atoms with Crippen LogP contribution >= 0.6 is 0 Å². The van der Waals surface area contributed by atoms with Gasteiger partial charge in [0.15, 0.2) is 0 Å². The van der Waals surface area contributed by atoms with Gasteiger partial charge in [-0.2, -0.15) is 0 Å². The smallest absolute Gasteiger partial charge is 0.0543 e. The van der Waals surface area contributed by atoms with Crippen molar-refractivity contribution in [3.8, 4) is 0 Å². The summed E-state index contributed by atoms with van der Waals surface area (Å²) in [4.78, 5) is 6.81. The fourth-order valence-corrected chi connectivity index (χ4v) is 2.28. The Bertz CT molecular complexity index is 335. The zero-order valence-corrected chi connectivity index (χ0v) is 13.1. The third-order valence-electron chi connectivity index (χ3n) is 3.38. The molecule has 0 aliphatic carbocycles. The minimum atomic E-state index is 0.542. The van der Waals surface area contributed by atoms with E-state index in [1.165, 1.54) is 0 Å². The average molecular weight is 263 g/mol. The van der Waals surface area contributed by atoms with Crippen LogP contribution in [0, 0.1) is 11.8 Å². The van der Waals surface area contributed by atoms with Crippen molar-refractivity contribution in [3.63, 3.8) is 0 Å². The summed E-state index contributed by atoms with van der Waals surface area (Å²) >= 11 is 0. The molecule has 1 N–H and O–H groups in total. The lowest BCUT2D eigenvalue weighted by molar-refractivity contribution is 0.177. The van der Waals surface area contributed by atoms with E-state index in [0.717, 1.165) is 25.3 Å². The van der Waals surface area contributed by atoms with Gasteiger partial charge in [-0.25, -0.2) is 0 Å². The van der Waals surface area contributed by atoms with Gasteiger partial charge in [0.05, 0.1) is 5.69 Å². The number of rotatable bonds is 8. The van der Waals surface area contributed by atoms with Crippen LogP contribution in [0.3, 0.4) is 0 Å². The standard InChI is InChI=1S/C16H29N3/c1-13(2)10-17-11-16(14(3)4)19(5)12-15-8-6-7-9-18-15/h6-9,13-14,16-17H,10-12H2,1-5H3. The maximum absolute atomic E-state index is 4.41. The molecule has 0 aliphatic heterocycles. The highest BCUT2D eigenvalue weighted by Gasteiger charge is 2.18. The molecule has 0 amide bonds. The minimum absolute atomic E-state index is 0.542. The van der Waals surface area contributed by atoms with E-state index in [1.54, 1.807) is 0 Å². The normalized spacial score (nSPS) is 13.5. The number of pyridine rings is 1. The van der Waals surface area contributed by atoms with Crippen molar-refractivity contribution in [2.45, 2.75) is 40.3 Å². The lowest BCUT2D eigenvalue weighted by atomic mass is 10.0. The first-order valence-electron chi connectivity index (χ1n) is 7.31. The van der Waals surface area contributed by atoms with E-state index in [-0.39, 0.29) is 0 Å². The molecule has 0 radical (unpaired) electrons. The zero-order chi connectivity index (χ0) is 14.3. The predicted octanol–water partition coefficient (Wildman–Crippen LogP) is 2.78. The molecule has 108 valence electrons. The molecule has 1 unspecified atom stereocenters. The third kappa shape index (κ3) is 6.17. The van der Waals surface area contributed by atoms with E-state index in [4.69, 9.17) is 0 Å². The lowest BCUT2D eigenvalue weighted by Gasteiger charge is -2.31. The molecule has 0 aromatic carbocycles. The molecule has 1 aromatic heterocycles. The van der Waals surface area contributed by atoms with Crippen LogP contribution in [0.5, 0.6) is 0 Å². The van der Waals surface area contributed by atoms with E-state index < -0.39 is 0 Å². The fourth-order valence-electron chi connectivity index (χ4n) is 2.28. The fraction of sp³-hybridized carbons (Fsp3) is 0.688.